The molecule has 134 valence electrons. The molecule has 0 saturated carbocycles. The molecule has 1 heterocycles. The maximum atomic E-state index is 12.2. The molecule has 1 amide bonds. The average molecular weight is 344 g/mol. The van der Waals surface area contributed by atoms with Gasteiger partial charge in [0, 0.05) is 25.9 Å². The molecule has 7 heteroatoms. The van der Waals surface area contributed by atoms with E-state index in [1.807, 2.05) is 26.0 Å². The SMILES string of the molecule is COCCCNc1ccc(C(=O)Nc2ccc(OC(C)C)cc2)nn1. The number of rotatable bonds is 9. The molecule has 0 bridgehead atoms. The molecule has 25 heavy (non-hydrogen) atoms. The first-order valence-electron chi connectivity index (χ1n) is 8.23. The number of anilines is 2. The zero-order valence-corrected chi connectivity index (χ0v) is 14.8. The molecule has 0 spiro atoms. The molecule has 0 aliphatic carbocycles. The molecule has 2 rings (SSSR count). The quantitative estimate of drug-likeness (QED) is 0.680. The van der Waals surface area contributed by atoms with Gasteiger partial charge in [-0.2, -0.15) is 0 Å². The van der Waals surface area contributed by atoms with Crippen molar-refractivity contribution in [3.63, 3.8) is 0 Å². The third kappa shape index (κ3) is 6.39. The summed E-state index contributed by atoms with van der Waals surface area (Å²) in [6, 6.07) is 10.6. The first kappa shape index (κ1) is 18.7. The number of nitrogens with one attached hydrogen (secondary N) is 2. The van der Waals surface area contributed by atoms with Gasteiger partial charge in [0.2, 0.25) is 0 Å². The largest absolute Gasteiger partial charge is 0.491 e. The van der Waals surface area contributed by atoms with E-state index < -0.39 is 0 Å². The Morgan fingerprint density at radius 1 is 1.12 bits per heavy atom. The minimum atomic E-state index is -0.309. The highest BCUT2D eigenvalue weighted by Gasteiger charge is 2.09. The van der Waals surface area contributed by atoms with E-state index >= 15 is 0 Å². The van der Waals surface area contributed by atoms with Crippen LogP contribution in [0.25, 0.3) is 0 Å². The molecular weight excluding hydrogens is 320 g/mol. The summed E-state index contributed by atoms with van der Waals surface area (Å²) in [7, 11) is 1.66. The van der Waals surface area contributed by atoms with Crippen molar-refractivity contribution in [2.45, 2.75) is 26.4 Å². The van der Waals surface area contributed by atoms with Crippen LogP contribution in [0.4, 0.5) is 11.5 Å². The lowest BCUT2D eigenvalue weighted by molar-refractivity contribution is 0.102. The first-order chi connectivity index (χ1) is 12.1. The Morgan fingerprint density at radius 2 is 1.88 bits per heavy atom. The number of ether oxygens (including phenoxy) is 2. The number of hydrogen-bond donors (Lipinski definition) is 2. The fraction of sp³-hybridized carbons (Fsp3) is 0.389. The lowest BCUT2D eigenvalue weighted by atomic mass is 10.3. The Hall–Kier alpha value is -2.67. The molecule has 0 unspecified atom stereocenters. The van der Waals surface area contributed by atoms with Gasteiger partial charge in [0.1, 0.15) is 11.6 Å². The van der Waals surface area contributed by atoms with Crippen LogP contribution in [0.15, 0.2) is 36.4 Å². The maximum absolute atomic E-state index is 12.2. The van der Waals surface area contributed by atoms with Gasteiger partial charge in [0.15, 0.2) is 5.69 Å². The average Bonchev–Trinajstić information content (AvgIpc) is 2.60. The van der Waals surface area contributed by atoms with Gasteiger partial charge in [-0.15, -0.1) is 10.2 Å². The smallest absolute Gasteiger partial charge is 0.276 e. The highest BCUT2D eigenvalue weighted by Crippen LogP contribution is 2.17. The zero-order chi connectivity index (χ0) is 18.1. The van der Waals surface area contributed by atoms with Crippen molar-refractivity contribution in [1.82, 2.24) is 10.2 Å². The van der Waals surface area contributed by atoms with Crippen molar-refractivity contribution in [1.29, 1.82) is 0 Å². The molecule has 7 nitrogen and oxygen atoms in total. The summed E-state index contributed by atoms with van der Waals surface area (Å²) in [5.41, 5.74) is 0.926. The number of nitrogens with zero attached hydrogens (tertiary/aromatic N) is 2. The molecule has 1 aromatic carbocycles. The lowest BCUT2D eigenvalue weighted by Crippen LogP contribution is -2.15. The summed E-state index contributed by atoms with van der Waals surface area (Å²) in [6.07, 6.45) is 0.981. The van der Waals surface area contributed by atoms with E-state index in [0.717, 1.165) is 18.7 Å². The van der Waals surface area contributed by atoms with E-state index in [4.69, 9.17) is 9.47 Å². The van der Waals surface area contributed by atoms with Gasteiger partial charge in [0.05, 0.1) is 6.10 Å². The van der Waals surface area contributed by atoms with Crippen LogP contribution < -0.4 is 15.4 Å². The third-order valence-corrected chi connectivity index (χ3v) is 3.21. The first-order valence-corrected chi connectivity index (χ1v) is 8.23. The van der Waals surface area contributed by atoms with Crippen molar-refractivity contribution in [2.75, 3.05) is 30.9 Å². The van der Waals surface area contributed by atoms with Crippen molar-refractivity contribution in [3.8, 4) is 5.75 Å². The highest BCUT2D eigenvalue weighted by molar-refractivity contribution is 6.02. The molecule has 2 N–H and O–H groups in total. The molecule has 0 fully saturated rings. The van der Waals surface area contributed by atoms with Crippen LogP contribution in [0.1, 0.15) is 30.8 Å². The number of hydrogen-bond acceptors (Lipinski definition) is 6. The fourth-order valence-corrected chi connectivity index (χ4v) is 2.06. The van der Waals surface area contributed by atoms with E-state index in [0.29, 0.717) is 18.1 Å². The molecule has 2 aromatic rings. The van der Waals surface area contributed by atoms with Crippen LogP contribution in [0.5, 0.6) is 5.75 Å². The summed E-state index contributed by atoms with van der Waals surface area (Å²) in [6.45, 7) is 5.34. The molecule has 0 aliphatic heterocycles. The maximum Gasteiger partial charge on any atom is 0.276 e. The Bertz CT molecular complexity index is 657. The summed E-state index contributed by atoms with van der Waals surface area (Å²) >= 11 is 0. The Morgan fingerprint density at radius 3 is 2.48 bits per heavy atom. The minimum Gasteiger partial charge on any atom is -0.491 e. The van der Waals surface area contributed by atoms with Gasteiger partial charge >= 0.3 is 0 Å². The molecule has 0 atom stereocenters. The second-order valence-electron chi connectivity index (χ2n) is 5.72. The second kappa shape index (κ2) is 9.58. The Kier molecular flexibility index (Phi) is 7.16. The summed E-state index contributed by atoms with van der Waals surface area (Å²) < 4.78 is 10.5. The fourth-order valence-electron chi connectivity index (χ4n) is 2.06. The van der Waals surface area contributed by atoms with Gasteiger partial charge in [-0.1, -0.05) is 0 Å². The summed E-state index contributed by atoms with van der Waals surface area (Å²) in [5.74, 6) is 1.08. The predicted octanol–water partition coefficient (Wildman–Crippen LogP) is 2.96. The number of methoxy groups -OCH3 is 1. The van der Waals surface area contributed by atoms with Gasteiger partial charge in [0.25, 0.3) is 5.91 Å². The molecule has 0 radical (unpaired) electrons. The van der Waals surface area contributed by atoms with Gasteiger partial charge < -0.3 is 20.1 Å². The standard InChI is InChI=1S/C18H24N4O3/c1-13(2)25-15-7-5-14(6-8-15)20-18(23)16-9-10-17(22-21-16)19-11-4-12-24-3/h5-10,13H,4,11-12H2,1-3H3,(H,19,22)(H,20,23). The third-order valence-electron chi connectivity index (χ3n) is 3.21. The van der Waals surface area contributed by atoms with E-state index in [-0.39, 0.29) is 17.7 Å². The number of carbonyl (C=O) groups excluding carboxylic acids is 1. The van der Waals surface area contributed by atoms with Gasteiger partial charge in [-0.3, -0.25) is 4.79 Å². The van der Waals surface area contributed by atoms with Crippen molar-refractivity contribution in [2.24, 2.45) is 0 Å². The van der Waals surface area contributed by atoms with Crippen molar-refractivity contribution < 1.29 is 14.3 Å². The van der Waals surface area contributed by atoms with E-state index in [1.54, 1.807) is 31.4 Å². The molecule has 0 saturated heterocycles. The van der Waals surface area contributed by atoms with Crippen LogP contribution >= 0.6 is 0 Å². The summed E-state index contributed by atoms with van der Waals surface area (Å²) in [4.78, 5) is 12.2. The highest BCUT2D eigenvalue weighted by atomic mass is 16.5. The number of carbonyl (C=O) groups is 1. The summed E-state index contributed by atoms with van der Waals surface area (Å²) in [5, 5.41) is 13.9. The zero-order valence-electron chi connectivity index (χ0n) is 14.8. The predicted molar refractivity (Wildman–Crippen MR) is 97.2 cm³/mol. The van der Waals surface area contributed by atoms with E-state index in [1.165, 1.54) is 0 Å². The minimum absolute atomic E-state index is 0.109. The van der Waals surface area contributed by atoms with Crippen LogP contribution in [-0.2, 0) is 4.74 Å². The molecule has 1 aromatic heterocycles. The lowest BCUT2D eigenvalue weighted by Gasteiger charge is -2.10. The van der Waals surface area contributed by atoms with Crippen LogP contribution in [0.2, 0.25) is 0 Å². The monoisotopic (exact) mass is 344 g/mol. The van der Waals surface area contributed by atoms with E-state index in [2.05, 4.69) is 20.8 Å². The number of amides is 1. The second-order valence-corrected chi connectivity index (χ2v) is 5.72. The molecule has 0 aliphatic rings. The van der Waals surface area contributed by atoms with Gasteiger partial charge in [-0.05, 0) is 56.7 Å². The van der Waals surface area contributed by atoms with Crippen LogP contribution in [0, 0.1) is 0 Å². The van der Waals surface area contributed by atoms with Crippen molar-refractivity contribution >= 4 is 17.4 Å². The van der Waals surface area contributed by atoms with Crippen LogP contribution in [0.3, 0.4) is 0 Å². The topological polar surface area (TPSA) is 85.4 Å². The van der Waals surface area contributed by atoms with Gasteiger partial charge in [-0.25, -0.2) is 0 Å². The van der Waals surface area contributed by atoms with Crippen LogP contribution in [-0.4, -0.2) is 42.5 Å². The van der Waals surface area contributed by atoms with E-state index in [9.17, 15) is 4.79 Å². The Labute approximate surface area is 147 Å². The molecular formula is C18H24N4O3. The Balaban J connectivity index is 1.87. The number of benzene rings is 1. The normalized spacial score (nSPS) is 10.6. The number of aromatic nitrogens is 2. The van der Waals surface area contributed by atoms with Crippen molar-refractivity contribution in [3.05, 3.63) is 42.1 Å².